The zero-order valence-corrected chi connectivity index (χ0v) is 13.3. The number of amides is 1. The van der Waals surface area contributed by atoms with Crippen molar-refractivity contribution < 1.29 is 18.0 Å². The van der Waals surface area contributed by atoms with E-state index in [4.69, 9.17) is 5.73 Å². The van der Waals surface area contributed by atoms with Crippen LogP contribution in [0, 0.1) is 0 Å². The Bertz CT molecular complexity index is 686. The molecule has 0 aromatic heterocycles. The quantitative estimate of drug-likeness (QED) is 0.904. The van der Waals surface area contributed by atoms with Crippen molar-refractivity contribution in [3.8, 4) is 0 Å². The molecule has 0 spiro atoms. The highest BCUT2D eigenvalue weighted by atomic mass is 19.4. The van der Waals surface area contributed by atoms with Gasteiger partial charge in [-0.25, -0.2) is 0 Å². The molecule has 0 fully saturated rings. The van der Waals surface area contributed by atoms with Crippen LogP contribution in [-0.4, -0.2) is 17.9 Å². The summed E-state index contributed by atoms with van der Waals surface area (Å²) in [7, 11) is 1.48. The fraction of sp³-hybridized carbons (Fsp3) is 0.278. The highest BCUT2D eigenvalue weighted by Gasteiger charge is 2.33. The number of hydrogen-bond acceptors (Lipinski definition) is 2. The third kappa shape index (κ3) is 4.58. The molecule has 2 N–H and O–H groups in total. The monoisotopic (exact) mass is 336 g/mol. The summed E-state index contributed by atoms with van der Waals surface area (Å²) >= 11 is 0. The van der Waals surface area contributed by atoms with Crippen LogP contribution in [0.2, 0.25) is 0 Å². The fourth-order valence-electron chi connectivity index (χ4n) is 2.44. The van der Waals surface area contributed by atoms with E-state index >= 15 is 0 Å². The van der Waals surface area contributed by atoms with Gasteiger partial charge in [0.2, 0.25) is 5.91 Å². The lowest BCUT2D eigenvalue weighted by Gasteiger charge is -2.22. The maximum Gasteiger partial charge on any atom is 0.416 e. The third-order valence-electron chi connectivity index (χ3n) is 3.78. The van der Waals surface area contributed by atoms with Crippen LogP contribution < -0.4 is 5.73 Å². The molecule has 1 unspecified atom stereocenters. The number of benzene rings is 2. The summed E-state index contributed by atoms with van der Waals surface area (Å²) in [4.78, 5) is 13.5. The lowest BCUT2D eigenvalue weighted by atomic mass is 10.0. The van der Waals surface area contributed by atoms with Gasteiger partial charge in [-0.05, 0) is 17.2 Å². The van der Waals surface area contributed by atoms with Gasteiger partial charge in [0.15, 0.2) is 0 Å². The molecular weight excluding hydrogens is 317 g/mol. The minimum absolute atomic E-state index is 0.0364. The topological polar surface area (TPSA) is 46.3 Å². The predicted molar refractivity (Wildman–Crippen MR) is 85.9 cm³/mol. The number of carbonyl (C=O) groups is 1. The first kappa shape index (κ1) is 18.0. The van der Waals surface area contributed by atoms with Gasteiger partial charge in [-0.1, -0.05) is 48.5 Å². The minimum atomic E-state index is -4.44. The van der Waals surface area contributed by atoms with Crippen LogP contribution in [0.3, 0.4) is 0 Å². The van der Waals surface area contributed by atoms with Crippen molar-refractivity contribution in [2.45, 2.75) is 25.2 Å². The van der Waals surface area contributed by atoms with Crippen molar-refractivity contribution in [3.63, 3.8) is 0 Å². The fourth-order valence-corrected chi connectivity index (χ4v) is 2.44. The van der Waals surface area contributed by atoms with E-state index in [0.29, 0.717) is 0 Å². The van der Waals surface area contributed by atoms with Gasteiger partial charge in [-0.15, -0.1) is 0 Å². The first-order valence-electron chi connectivity index (χ1n) is 7.48. The van der Waals surface area contributed by atoms with Gasteiger partial charge in [-0.2, -0.15) is 13.2 Å². The van der Waals surface area contributed by atoms with Crippen molar-refractivity contribution in [3.05, 3.63) is 71.3 Å². The largest absolute Gasteiger partial charge is 0.416 e. The Morgan fingerprint density at radius 1 is 1.08 bits per heavy atom. The molecule has 0 saturated heterocycles. The lowest BCUT2D eigenvalue weighted by Crippen LogP contribution is -2.30. The summed E-state index contributed by atoms with van der Waals surface area (Å²) in [6.07, 6.45) is -4.41. The molecule has 128 valence electrons. The molecule has 0 radical (unpaired) electrons. The molecule has 1 atom stereocenters. The van der Waals surface area contributed by atoms with Gasteiger partial charge in [0.05, 0.1) is 5.56 Å². The average molecular weight is 336 g/mol. The Balaban J connectivity index is 2.05. The van der Waals surface area contributed by atoms with Gasteiger partial charge in [0.1, 0.15) is 0 Å². The van der Waals surface area contributed by atoms with E-state index in [9.17, 15) is 18.0 Å². The Morgan fingerprint density at radius 2 is 1.67 bits per heavy atom. The van der Waals surface area contributed by atoms with Crippen molar-refractivity contribution >= 4 is 5.91 Å². The van der Waals surface area contributed by atoms with Gasteiger partial charge in [0, 0.05) is 26.1 Å². The summed E-state index contributed by atoms with van der Waals surface area (Å²) in [6, 6.07) is 13.9. The molecule has 6 heteroatoms. The Hall–Kier alpha value is -2.34. The molecule has 0 aliphatic heterocycles. The molecule has 0 saturated carbocycles. The standard InChI is InChI=1S/C18H19F3N2O/c1-23(12-14-9-5-6-10-15(14)18(19,20)21)17(24)11-16(22)13-7-3-2-4-8-13/h2-10,16H,11-12,22H2,1H3. The molecular formula is C18H19F3N2O. The van der Waals surface area contributed by atoms with Gasteiger partial charge < -0.3 is 10.6 Å². The maximum atomic E-state index is 13.0. The zero-order valence-electron chi connectivity index (χ0n) is 13.3. The Labute approximate surface area is 138 Å². The predicted octanol–water partition coefficient (Wildman–Crippen LogP) is 3.75. The lowest BCUT2D eigenvalue weighted by molar-refractivity contribution is -0.139. The van der Waals surface area contributed by atoms with Crippen LogP contribution >= 0.6 is 0 Å². The van der Waals surface area contributed by atoms with E-state index in [1.165, 1.54) is 30.1 Å². The molecule has 1 amide bonds. The Morgan fingerprint density at radius 3 is 2.29 bits per heavy atom. The summed E-state index contributed by atoms with van der Waals surface area (Å²) in [6.45, 7) is -0.115. The number of hydrogen-bond donors (Lipinski definition) is 1. The maximum absolute atomic E-state index is 13.0. The molecule has 2 aromatic rings. The molecule has 0 aliphatic carbocycles. The van der Waals surface area contributed by atoms with Crippen LogP contribution in [0.1, 0.15) is 29.2 Å². The second kappa shape index (κ2) is 7.49. The summed E-state index contributed by atoms with van der Waals surface area (Å²) in [5, 5.41) is 0. The van der Waals surface area contributed by atoms with E-state index < -0.39 is 17.8 Å². The second-order valence-corrected chi connectivity index (χ2v) is 5.63. The van der Waals surface area contributed by atoms with Crippen molar-refractivity contribution in [1.82, 2.24) is 4.90 Å². The van der Waals surface area contributed by atoms with Crippen molar-refractivity contribution in [2.24, 2.45) is 5.73 Å². The molecule has 24 heavy (non-hydrogen) atoms. The van der Waals surface area contributed by atoms with Crippen LogP contribution in [0.4, 0.5) is 13.2 Å². The molecule has 0 bridgehead atoms. The van der Waals surface area contributed by atoms with E-state index in [0.717, 1.165) is 11.6 Å². The number of nitrogens with zero attached hydrogens (tertiary/aromatic N) is 1. The summed E-state index contributed by atoms with van der Waals surface area (Å²) in [5.41, 5.74) is 6.15. The second-order valence-electron chi connectivity index (χ2n) is 5.63. The first-order valence-corrected chi connectivity index (χ1v) is 7.48. The van der Waals surface area contributed by atoms with Crippen molar-refractivity contribution in [2.75, 3.05) is 7.05 Å². The van der Waals surface area contributed by atoms with Crippen LogP contribution in [0.15, 0.2) is 54.6 Å². The first-order chi connectivity index (χ1) is 11.3. The highest BCUT2D eigenvalue weighted by Crippen LogP contribution is 2.32. The summed E-state index contributed by atoms with van der Waals surface area (Å²) < 4.78 is 39.0. The number of halogens is 3. The van der Waals surface area contributed by atoms with E-state index in [-0.39, 0.29) is 24.4 Å². The zero-order chi connectivity index (χ0) is 17.7. The number of alkyl halides is 3. The molecule has 3 nitrogen and oxygen atoms in total. The molecule has 0 aliphatic rings. The van der Waals surface area contributed by atoms with Crippen LogP contribution in [-0.2, 0) is 17.5 Å². The van der Waals surface area contributed by atoms with Gasteiger partial charge >= 0.3 is 6.18 Å². The van der Waals surface area contributed by atoms with E-state index in [2.05, 4.69) is 0 Å². The highest BCUT2D eigenvalue weighted by molar-refractivity contribution is 5.76. The normalized spacial score (nSPS) is 12.7. The SMILES string of the molecule is CN(Cc1ccccc1C(F)(F)F)C(=O)CC(N)c1ccccc1. The van der Waals surface area contributed by atoms with Gasteiger partial charge in [-0.3, -0.25) is 4.79 Å². The number of rotatable bonds is 5. The number of carbonyl (C=O) groups excluding carboxylic acids is 1. The van der Waals surface area contributed by atoms with Crippen molar-refractivity contribution in [1.29, 1.82) is 0 Å². The van der Waals surface area contributed by atoms with Crippen LogP contribution in [0.5, 0.6) is 0 Å². The van der Waals surface area contributed by atoms with E-state index in [1.54, 1.807) is 0 Å². The smallest absolute Gasteiger partial charge is 0.341 e. The third-order valence-corrected chi connectivity index (χ3v) is 3.78. The minimum Gasteiger partial charge on any atom is -0.341 e. The molecule has 0 heterocycles. The molecule has 2 rings (SSSR count). The number of nitrogens with two attached hydrogens (primary N) is 1. The summed E-state index contributed by atoms with van der Waals surface area (Å²) in [5.74, 6) is -0.302. The van der Waals surface area contributed by atoms with E-state index in [1.807, 2.05) is 30.3 Å². The average Bonchev–Trinajstić information content (AvgIpc) is 2.55. The Kier molecular flexibility index (Phi) is 5.62. The molecule has 2 aromatic carbocycles. The van der Waals surface area contributed by atoms with Crippen LogP contribution in [0.25, 0.3) is 0 Å². The van der Waals surface area contributed by atoms with Gasteiger partial charge in [0.25, 0.3) is 0 Å².